The third kappa shape index (κ3) is 4.20. The summed E-state index contributed by atoms with van der Waals surface area (Å²) >= 11 is 0. The molecular formula is C13H18N2O5. The highest BCUT2D eigenvalue weighted by molar-refractivity contribution is 5.75. The minimum Gasteiger partial charge on any atom is -0.493 e. The molecule has 1 aromatic carbocycles. The minimum absolute atomic E-state index is 0.00260. The summed E-state index contributed by atoms with van der Waals surface area (Å²) in [5, 5.41) is 10.8. The summed E-state index contributed by atoms with van der Waals surface area (Å²) in [5.41, 5.74) is 6.06. The maximum absolute atomic E-state index is 11.3. The van der Waals surface area contributed by atoms with Crippen LogP contribution in [0.1, 0.15) is 18.9 Å². The maximum Gasteiger partial charge on any atom is 0.323 e. The third-order valence-electron chi connectivity index (χ3n) is 2.73. The Morgan fingerprint density at radius 2 is 2.20 bits per heavy atom. The summed E-state index contributed by atoms with van der Waals surface area (Å²) in [5.74, 6) is -0.0675. The van der Waals surface area contributed by atoms with Gasteiger partial charge in [-0.1, -0.05) is 6.07 Å². The van der Waals surface area contributed by atoms with Crippen LogP contribution in [0, 0.1) is 17.0 Å². The van der Waals surface area contributed by atoms with Crippen LogP contribution in [0.5, 0.6) is 5.75 Å². The summed E-state index contributed by atoms with van der Waals surface area (Å²) in [7, 11) is 0. The van der Waals surface area contributed by atoms with E-state index >= 15 is 0 Å². The van der Waals surface area contributed by atoms with Crippen molar-refractivity contribution in [3.8, 4) is 5.75 Å². The summed E-state index contributed by atoms with van der Waals surface area (Å²) in [4.78, 5) is 21.6. The number of ether oxygens (including phenoxy) is 2. The molecule has 0 aliphatic carbocycles. The van der Waals surface area contributed by atoms with Crippen LogP contribution in [0.15, 0.2) is 18.2 Å². The lowest BCUT2D eigenvalue weighted by atomic mass is 10.2. The van der Waals surface area contributed by atoms with Gasteiger partial charge in [0.05, 0.1) is 23.7 Å². The van der Waals surface area contributed by atoms with E-state index in [1.165, 1.54) is 6.07 Å². The van der Waals surface area contributed by atoms with Gasteiger partial charge in [0.15, 0.2) is 0 Å². The number of carbonyl (C=O) groups excluding carboxylic acids is 1. The van der Waals surface area contributed by atoms with Gasteiger partial charge in [0.25, 0.3) is 5.69 Å². The number of rotatable bonds is 7. The number of nitrogens with zero attached hydrogens (tertiary/aromatic N) is 1. The molecule has 0 aromatic heterocycles. The van der Waals surface area contributed by atoms with Crippen LogP contribution in [0.3, 0.4) is 0 Å². The lowest BCUT2D eigenvalue weighted by Crippen LogP contribution is -2.33. The van der Waals surface area contributed by atoms with Gasteiger partial charge in [0, 0.05) is 12.5 Å². The van der Waals surface area contributed by atoms with Crippen LogP contribution >= 0.6 is 0 Å². The van der Waals surface area contributed by atoms with Crippen molar-refractivity contribution in [1.29, 1.82) is 0 Å². The second kappa shape index (κ2) is 7.44. The molecule has 0 saturated heterocycles. The standard InChI is InChI=1S/C13H18N2O5/c1-3-19-13(16)10(14)7-8-20-12-6-4-5-11(9(12)2)15(17)18/h4-6,10H,3,7-8,14H2,1-2H3. The molecule has 1 rings (SSSR count). The number of nitro groups is 1. The number of hydrogen-bond acceptors (Lipinski definition) is 6. The van der Waals surface area contributed by atoms with E-state index in [4.69, 9.17) is 15.2 Å². The van der Waals surface area contributed by atoms with Crippen molar-refractivity contribution in [2.24, 2.45) is 5.73 Å². The number of esters is 1. The van der Waals surface area contributed by atoms with Crippen LogP contribution in [0.4, 0.5) is 5.69 Å². The molecule has 0 saturated carbocycles. The van der Waals surface area contributed by atoms with E-state index in [-0.39, 0.29) is 25.3 Å². The highest BCUT2D eigenvalue weighted by Crippen LogP contribution is 2.27. The van der Waals surface area contributed by atoms with Gasteiger partial charge in [0.1, 0.15) is 11.8 Å². The van der Waals surface area contributed by atoms with Crippen molar-refractivity contribution in [2.75, 3.05) is 13.2 Å². The molecule has 0 fully saturated rings. The van der Waals surface area contributed by atoms with Crippen LogP contribution in [0.25, 0.3) is 0 Å². The maximum atomic E-state index is 11.3. The Morgan fingerprint density at radius 1 is 1.50 bits per heavy atom. The summed E-state index contributed by atoms with van der Waals surface area (Å²) in [6.45, 7) is 3.77. The Labute approximate surface area is 116 Å². The second-order valence-corrected chi connectivity index (χ2v) is 4.15. The number of hydrogen-bond donors (Lipinski definition) is 1. The van der Waals surface area contributed by atoms with Gasteiger partial charge < -0.3 is 15.2 Å². The Bertz CT molecular complexity index is 490. The number of carbonyl (C=O) groups is 1. The Kier molecular flexibility index (Phi) is 5.92. The predicted molar refractivity (Wildman–Crippen MR) is 72.6 cm³/mol. The molecule has 1 atom stereocenters. The average Bonchev–Trinajstić information content (AvgIpc) is 2.40. The van der Waals surface area contributed by atoms with Crippen molar-refractivity contribution >= 4 is 11.7 Å². The Morgan fingerprint density at radius 3 is 2.80 bits per heavy atom. The molecule has 1 aromatic rings. The van der Waals surface area contributed by atoms with Gasteiger partial charge in [-0.3, -0.25) is 14.9 Å². The van der Waals surface area contributed by atoms with Crippen LogP contribution in [0.2, 0.25) is 0 Å². The van der Waals surface area contributed by atoms with Crippen molar-refractivity contribution in [3.63, 3.8) is 0 Å². The number of nitrogens with two attached hydrogens (primary N) is 1. The molecule has 0 radical (unpaired) electrons. The van der Waals surface area contributed by atoms with Gasteiger partial charge >= 0.3 is 5.97 Å². The quantitative estimate of drug-likeness (QED) is 0.462. The first-order valence-corrected chi connectivity index (χ1v) is 6.26. The molecule has 110 valence electrons. The second-order valence-electron chi connectivity index (χ2n) is 4.15. The fourth-order valence-electron chi connectivity index (χ4n) is 1.62. The molecule has 0 aliphatic heterocycles. The molecule has 0 heterocycles. The van der Waals surface area contributed by atoms with E-state index in [9.17, 15) is 14.9 Å². The molecule has 0 spiro atoms. The van der Waals surface area contributed by atoms with E-state index in [1.807, 2.05) is 0 Å². The van der Waals surface area contributed by atoms with E-state index in [0.29, 0.717) is 11.3 Å². The topological polar surface area (TPSA) is 105 Å². The van der Waals surface area contributed by atoms with E-state index in [1.54, 1.807) is 26.0 Å². The molecule has 7 heteroatoms. The molecule has 20 heavy (non-hydrogen) atoms. The first-order valence-electron chi connectivity index (χ1n) is 6.26. The lowest BCUT2D eigenvalue weighted by Gasteiger charge is -2.12. The van der Waals surface area contributed by atoms with Crippen LogP contribution < -0.4 is 10.5 Å². The first kappa shape index (κ1) is 15.9. The summed E-state index contributed by atoms with van der Waals surface area (Å²) in [6.07, 6.45) is 0.279. The monoisotopic (exact) mass is 282 g/mol. The fourth-order valence-corrected chi connectivity index (χ4v) is 1.62. The third-order valence-corrected chi connectivity index (χ3v) is 2.73. The van der Waals surface area contributed by atoms with E-state index in [0.717, 1.165) is 0 Å². The Hall–Kier alpha value is -2.15. The van der Waals surface area contributed by atoms with Gasteiger partial charge in [-0.15, -0.1) is 0 Å². The minimum atomic E-state index is -0.756. The zero-order chi connectivity index (χ0) is 15.1. The van der Waals surface area contributed by atoms with E-state index in [2.05, 4.69) is 0 Å². The highest BCUT2D eigenvalue weighted by atomic mass is 16.6. The van der Waals surface area contributed by atoms with Gasteiger partial charge in [-0.05, 0) is 19.9 Å². The lowest BCUT2D eigenvalue weighted by molar-refractivity contribution is -0.385. The van der Waals surface area contributed by atoms with Crippen molar-refractivity contribution < 1.29 is 19.2 Å². The first-order chi connectivity index (χ1) is 9.47. The van der Waals surface area contributed by atoms with Gasteiger partial charge in [-0.2, -0.15) is 0 Å². The SMILES string of the molecule is CCOC(=O)C(N)CCOc1cccc([N+](=O)[O-])c1C. The number of benzene rings is 1. The molecule has 0 bridgehead atoms. The zero-order valence-electron chi connectivity index (χ0n) is 11.5. The van der Waals surface area contributed by atoms with Gasteiger partial charge in [-0.25, -0.2) is 0 Å². The number of nitro benzene ring substituents is 1. The van der Waals surface area contributed by atoms with Crippen molar-refractivity contribution in [3.05, 3.63) is 33.9 Å². The smallest absolute Gasteiger partial charge is 0.323 e. The summed E-state index contributed by atoms with van der Waals surface area (Å²) in [6, 6.07) is 3.84. The molecule has 2 N–H and O–H groups in total. The molecule has 0 amide bonds. The van der Waals surface area contributed by atoms with E-state index < -0.39 is 16.9 Å². The summed E-state index contributed by atoms with van der Waals surface area (Å²) < 4.78 is 10.2. The fraction of sp³-hybridized carbons (Fsp3) is 0.462. The van der Waals surface area contributed by atoms with Crippen molar-refractivity contribution in [1.82, 2.24) is 0 Å². The van der Waals surface area contributed by atoms with Gasteiger partial charge in [0.2, 0.25) is 0 Å². The predicted octanol–water partition coefficient (Wildman–Crippen LogP) is 1.56. The molecule has 7 nitrogen and oxygen atoms in total. The molecule has 0 aliphatic rings. The van der Waals surface area contributed by atoms with Crippen molar-refractivity contribution in [2.45, 2.75) is 26.3 Å². The average molecular weight is 282 g/mol. The normalized spacial score (nSPS) is 11.8. The molecular weight excluding hydrogens is 264 g/mol. The van der Waals surface area contributed by atoms with Crippen LogP contribution in [-0.4, -0.2) is 30.1 Å². The molecule has 1 unspecified atom stereocenters. The largest absolute Gasteiger partial charge is 0.493 e. The highest BCUT2D eigenvalue weighted by Gasteiger charge is 2.16. The van der Waals surface area contributed by atoms with Crippen LogP contribution in [-0.2, 0) is 9.53 Å². The zero-order valence-corrected chi connectivity index (χ0v) is 11.5. The Balaban J connectivity index is 2.56.